The fraction of sp³-hybridized carbons (Fsp3) is 0.417. The Morgan fingerprint density at radius 3 is 2.62 bits per heavy atom. The van der Waals surface area contributed by atoms with Gasteiger partial charge in [0, 0.05) is 42.3 Å². The van der Waals surface area contributed by atoms with Crippen molar-refractivity contribution in [2.45, 2.75) is 46.5 Å². The van der Waals surface area contributed by atoms with Crippen molar-refractivity contribution in [3.63, 3.8) is 0 Å². The monoisotopic (exact) mass is 452 g/mol. The summed E-state index contributed by atoms with van der Waals surface area (Å²) < 4.78 is 5.98. The number of hydrogen-bond acceptors (Lipinski definition) is 8. The highest BCUT2D eigenvalue weighted by Gasteiger charge is 2.11. The largest absolute Gasteiger partial charge is 0.477 e. The summed E-state index contributed by atoms with van der Waals surface area (Å²) >= 11 is 1.70. The van der Waals surface area contributed by atoms with Crippen LogP contribution >= 0.6 is 11.3 Å². The molecule has 0 saturated carbocycles. The van der Waals surface area contributed by atoms with E-state index in [9.17, 15) is 0 Å². The second-order valence-electron chi connectivity index (χ2n) is 7.32. The predicted octanol–water partition coefficient (Wildman–Crippen LogP) is 5.19. The maximum Gasteiger partial charge on any atom is 0.219 e. The van der Waals surface area contributed by atoms with Gasteiger partial charge in [0.25, 0.3) is 0 Å². The lowest BCUT2D eigenvalue weighted by Gasteiger charge is -2.23. The van der Waals surface area contributed by atoms with Crippen LogP contribution in [0.5, 0.6) is 5.88 Å². The van der Waals surface area contributed by atoms with Crippen LogP contribution in [0.25, 0.3) is 0 Å². The molecule has 0 aliphatic carbocycles. The molecule has 3 aromatic rings. The van der Waals surface area contributed by atoms with Crippen molar-refractivity contribution in [3.8, 4) is 5.88 Å². The third-order valence-corrected chi connectivity index (χ3v) is 5.85. The van der Waals surface area contributed by atoms with Crippen molar-refractivity contribution in [1.82, 2.24) is 15.0 Å². The van der Waals surface area contributed by atoms with E-state index in [4.69, 9.17) is 9.72 Å². The fourth-order valence-corrected chi connectivity index (χ4v) is 3.99. The molecule has 0 saturated heterocycles. The highest BCUT2D eigenvalue weighted by Crippen LogP contribution is 2.22. The summed E-state index contributed by atoms with van der Waals surface area (Å²) in [4.78, 5) is 17.2. The predicted molar refractivity (Wildman–Crippen MR) is 133 cm³/mol. The number of pyridine rings is 1. The zero-order valence-electron chi connectivity index (χ0n) is 19.1. The Balaban J connectivity index is 1.74. The molecular formula is C24H32N6OS. The van der Waals surface area contributed by atoms with Gasteiger partial charge in [-0.3, -0.25) is 10.4 Å². The first kappa shape index (κ1) is 23.7. The van der Waals surface area contributed by atoms with E-state index in [2.05, 4.69) is 52.2 Å². The molecule has 0 aromatic carbocycles. The Morgan fingerprint density at radius 2 is 1.94 bits per heavy atom. The molecule has 3 rings (SSSR count). The molecular weight excluding hydrogens is 420 g/mol. The molecule has 7 nitrogen and oxygen atoms in total. The molecule has 1 N–H and O–H groups in total. The average Bonchev–Trinajstić information content (AvgIpc) is 3.28. The molecule has 3 aromatic heterocycles. The van der Waals surface area contributed by atoms with Crippen LogP contribution in [0.15, 0.2) is 47.7 Å². The molecule has 0 amide bonds. The van der Waals surface area contributed by atoms with Gasteiger partial charge in [-0.2, -0.15) is 10.1 Å². The van der Waals surface area contributed by atoms with Crippen molar-refractivity contribution >= 4 is 28.4 Å². The Morgan fingerprint density at radius 1 is 1.09 bits per heavy atom. The van der Waals surface area contributed by atoms with E-state index < -0.39 is 0 Å². The summed E-state index contributed by atoms with van der Waals surface area (Å²) in [5.41, 5.74) is 4.07. The lowest BCUT2D eigenvalue weighted by Crippen LogP contribution is -2.26. The Kier molecular flexibility index (Phi) is 9.43. The number of rotatable bonds is 13. The van der Waals surface area contributed by atoms with Gasteiger partial charge in [0.15, 0.2) is 5.82 Å². The number of aryl methyl sites for hydroxylation is 1. The van der Waals surface area contributed by atoms with Gasteiger partial charge in [-0.15, -0.1) is 11.3 Å². The van der Waals surface area contributed by atoms with Gasteiger partial charge in [0.05, 0.1) is 12.8 Å². The summed E-state index contributed by atoms with van der Waals surface area (Å²) in [7, 11) is 0. The summed E-state index contributed by atoms with van der Waals surface area (Å²) in [6.45, 7) is 8.85. The molecule has 170 valence electrons. The van der Waals surface area contributed by atoms with Crippen LogP contribution < -0.4 is 15.1 Å². The average molecular weight is 453 g/mol. The number of ether oxygens (including phenoxy) is 1. The van der Waals surface area contributed by atoms with Crippen molar-refractivity contribution in [2.24, 2.45) is 5.10 Å². The second-order valence-corrected chi connectivity index (χ2v) is 8.49. The van der Waals surface area contributed by atoms with Crippen LogP contribution in [-0.2, 0) is 12.8 Å². The molecule has 0 bridgehead atoms. The van der Waals surface area contributed by atoms with Gasteiger partial charge in [-0.1, -0.05) is 26.8 Å². The van der Waals surface area contributed by atoms with Gasteiger partial charge in [-0.25, -0.2) is 4.98 Å². The highest BCUT2D eigenvalue weighted by molar-refractivity contribution is 7.16. The van der Waals surface area contributed by atoms with Crippen LogP contribution in [0.2, 0.25) is 0 Å². The van der Waals surface area contributed by atoms with E-state index in [1.54, 1.807) is 23.7 Å². The Hall–Kier alpha value is -3.00. The van der Waals surface area contributed by atoms with Gasteiger partial charge >= 0.3 is 0 Å². The van der Waals surface area contributed by atoms with Gasteiger partial charge in [0.2, 0.25) is 5.88 Å². The highest BCUT2D eigenvalue weighted by atomic mass is 32.1. The molecule has 32 heavy (non-hydrogen) atoms. The number of hydrogen-bond donors (Lipinski definition) is 1. The minimum absolute atomic E-state index is 0.499. The van der Waals surface area contributed by atoms with E-state index in [1.165, 1.54) is 4.88 Å². The Labute approximate surface area is 194 Å². The molecule has 0 unspecified atom stereocenters. The summed E-state index contributed by atoms with van der Waals surface area (Å²) in [6.07, 6.45) is 7.27. The maximum atomic E-state index is 5.98. The second kappa shape index (κ2) is 12.8. The van der Waals surface area contributed by atoms with Gasteiger partial charge in [0.1, 0.15) is 10.8 Å². The maximum absolute atomic E-state index is 5.98. The minimum Gasteiger partial charge on any atom is -0.477 e. The zero-order chi connectivity index (χ0) is 22.6. The Bertz CT molecular complexity index is 970. The third-order valence-electron chi connectivity index (χ3n) is 4.72. The molecule has 0 fully saturated rings. The first-order valence-corrected chi connectivity index (χ1v) is 12.1. The summed E-state index contributed by atoms with van der Waals surface area (Å²) in [5.74, 6) is 1.93. The van der Waals surface area contributed by atoms with Crippen molar-refractivity contribution < 1.29 is 4.74 Å². The van der Waals surface area contributed by atoms with Crippen LogP contribution in [0, 0.1) is 0 Å². The zero-order valence-corrected chi connectivity index (χ0v) is 19.9. The number of aromatic nitrogens is 3. The van der Waals surface area contributed by atoms with Crippen molar-refractivity contribution in [2.75, 3.05) is 30.0 Å². The van der Waals surface area contributed by atoms with Crippen molar-refractivity contribution in [1.29, 1.82) is 0 Å². The van der Waals surface area contributed by atoms with E-state index in [1.807, 2.05) is 30.3 Å². The SMILES string of the molecule is CCCN(CCC)c1cc(OCCc2ccccn2)nc(/C=N/Nc2ccc(CC)s2)n1. The van der Waals surface area contributed by atoms with Gasteiger partial charge < -0.3 is 9.64 Å². The molecule has 3 heterocycles. The lowest BCUT2D eigenvalue weighted by atomic mass is 10.3. The first-order chi connectivity index (χ1) is 15.7. The number of nitrogens with zero attached hydrogens (tertiary/aromatic N) is 5. The first-order valence-electron chi connectivity index (χ1n) is 11.3. The van der Waals surface area contributed by atoms with E-state index in [0.717, 1.165) is 55.3 Å². The molecule has 0 aliphatic rings. The van der Waals surface area contributed by atoms with Crippen LogP contribution in [0.4, 0.5) is 10.8 Å². The minimum atomic E-state index is 0.499. The topological polar surface area (TPSA) is 75.5 Å². The molecule has 0 radical (unpaired) electrons. The third kappa shape index (κ3) is 7.30. The van der Waals surface area contributed by atoms with Crippen LogP contribution in [-0.4, -0.2) is 40.9 Å². The quantitative estimate of drug-likeness (QED) is 0.284. The standard InChI is InChI=1S/C24H32N6OS/c1-4-14-30(15-5-2)22-17-23(31-16-12-19-9-7-8-13-25-19)28-21(27-22)18-26-29-24-11-10-20(6-3)32-24/h7-11,13,17-18,29H,4-6,12,14-16H2,1-3H3/b26-18+. The summed E-state index contributed by atoms with van der Waals surface area (Å²) in [5, 5.41) is 5.35. The molecule has 0 atom stereocenters. The lowest BCUT2D eigenvalue weighted by molar-refractivity contribution is 0.307. The number of nitrogens with one attached hydrogen (secondary N) is 1. The number of anilines is 2. The molecule has 0 spiro atoms. The van der Waals surface area contributed by atoms with Crippen LogP contribution in [0.3, 0.4) is 0 Å². The van der Waals surface area contributed by atoms with Crippen LogP contribution in [0.1, 0.15) is 50.0 Å². The van der Waals surface area contributed by atoms with E-state index >= 15 is 0 Å². The molecule has 0 aliphatic heterocycles. The number of hydrazone groups is 1. The fourth-order valence-electron chi connectivity index (χ4n) is 3.19. The van der Waals surface area contributed by atoms with Gasteiger partial charge in [-0.05, 0) is 43.5 Å². The van der Waals surface area contributed by atoms with E-state index in [-0.39, 0.29) is 0 Å². The summed E-state index contributed by atoms with van der Waals surface area (Å²) in [6, 6.07) is 12.0. The normalized spacial score (nSPS) is 11.1. The number of thiophene rings is 1. The molecule has 8 heteroatoms. The van der Waals surface area contributed by atoms with Crippen molar-refractivity contribution in [3.05, 3.63) is 59.0 Å². The van der Waals surface area contributed by atoms with E-state index in [0.29, 0.717) is 18.3 Å². The smallest absolute Gasteiger partial charge is 0.219 e.